The van der Waals surface area contributed by atoms with E-state index in [9.17, 15) is 0 Å². The molecule has 4 nitrogen and oxygen atoms in total. The van der Waals surface area contributed by atoms with Crippen LogP contribution in [0.4, 0.5) is 5.69 Å². The lowest BCUT2D eigenvalue weighted by Gasteiger charge is -2.12. The molecule has 0 bridgehead atoms. The average molecular weight is 238 g/mol. The summed E-state index contributed by atoms with van der Waals surface area (Å²) in [5.74, 6) is 0. The molecular weight excluding hydrogens is 224 g/mol. The number of hydrogen-bond acceptors (Lipinski definition) is 3. The van der Waals surface area contributed by atoms with Crippen molar-refractivity contribution < 1.29 is 0 Å². The van der Waals surface area contributed by atoms with E-state index >= 15 is 0 Å². The van der Waals surface area contributed by atoms with Crippen LogP contribution in [0.2, 0.25) is 0 Å². The van der Waals surface area contributed by atoms with E-state index in [-0.39, 0.29) is 0 Å². The van der Waals surface area contributed by atoms with Crippen molar-refractivity contribution in [3.63, 3.8) is 0 Å². The number of hydrogen-bond donors (Lipinski definition) is 0. The minimum atomic E-state index is 0.911. The van der Waals surface area contributed by atoms with Crippen LogP contribution >= 0.6 is 0 Å². The Hall–Kier alpha value is -2.36. The first-order chi connectivity index (χ1) is 8.75. The summed E-state index contributed by atoms with van der Waals surface area (Å²) in [7, 11) is 4.06. The molecular formula is C14H14N4. The third kappa shape index (κ3) is 1.72. The molecule has 1 aromatic heterocycles. The minimum absolute atomic E-state index is 0.911. The first kappa shape index (κ1) is 10.8. The van der Waals surface area contributed by atoms with Gasteiger partial charge in [-0.25, -0.2) is 4.68 Å². The fourth-order valence-corrected chi connectivity index (χ4v) is 1.95. The van der Waals surface area contributed by atoms with Gasteiger partial charge in [-0.3, -0.25) is 0 Å². The molecule has 0 fully saturated rings. The van der Waals surface area contributed by atoms with Gasteiger partial charge in [0.2, 0.25) is 0 Å². The number of benzene rings is 2. The van der Waals surface area contributed by atoms with Gasteiger partial charge in [-0.15, -0.1) is 5.10 Å². The molecule has 0 aliphatic rings. The second-order valence-corrected chi connectivity index (χ2v) is 4.40. The zero-order valence-electron chi connectivity index (χ0n) is 10.4. The van der Waals surface area contributed by atoms with Crippen molar-refractivity contribution in [2.45, 2.75) is 0 Å². The highest BCUT2D eigenvalue weighted by molar-refractivity contribution is 5.76. The van der Waals surface area contributed by atoms with Crippen LogP contribution < -0.4 is 4.90 Å². The predicted molar refractivity (Wildman–Crippen MR) is 73.2 cm³/mol. The van der Waals surface area contributed by atoms with Crippen molar-refractivity contribution >= 4 is 16.7 Å². The summed E-state index contributed by atoms with van der Waals surface area (Å²) in [4.78, 5) is 2.07. The van der Waals surface area contributed by atoms with Gasteiger partial charge in [-0.05, 0) is 36.4 Å². The van der Waals surface area contributed by atoms with Gasteiger partial charge in [0.1, 0.15) is 5.52 Å². The Morgan fingerprint density at radius 2 is 1.67 bits per heavy atom. The van der Waals surface area contributed by atoms with E-state index in [1.807, 2.05) is 43.0 Å². The van der Waals surface area contributed by atoms with Crippen LogP contribution in [0.15, 0.2) is 48.5 Å². The fraction of sp³-hybridized carbons (Fsp3) is 0.143. The zero-order valence-corrected chi connectivity index (χ0v) is 10.4. The van der Waals surface area contributed by atoms with Gasteiger partial charge >= 0.3 is 0 Å². The van der Waals surface area contributed by atoms with Crippen LogP contribution in [0, 0.1) is 0 Å². The van der Waals surface area contributed by atoms with Gasteiger partial charge in [0.15, 0.2) is 0 Å². The van der Waals surface area contributed by atoms with Crippen molar-refractivity contribution in [2.75, 3.05) is 19.0 Å². The summed E-state index contributed by atoms with van der Waals surface area (Å²) < 4.78 is 1.86. The lowest BCUT2D eigenvalue weighted by molar-refractivity contribution is 0.824. The summed E-state index contributed by atoms with van der Waals surface area (Å²) in [6.45, 7) is 0. The van der Waals surface area contributed by atoms with E-state index in [1.165, 1.54) is 5.69 Å². The maximum Gasteiger partial charge on any atom is 0.113 e. The van der Waals surface area contributed by atoms with Crippen LogP contribution in [0.1, 0.15) is 0 Å². The summed E-state index contributed by atoms with van der Waals surface area (Å²) in [6, 6.07) is 16.2. The van der Waals surface area contributed by atoms with Gasteiger partial charge in [-0.1, -0.05) is 17.3 Å². The Kier molecular flexibility index (Phi) is 2.48. The predicted octanol–water partition coefficient (Wildman–Crippen LogP) is 2.49. The Morgan fingerprint density at radius 1 is 0.944 bits per heavy atom. The van der Waals surface area contributed by atoms with Gasteiger partial charge in [0, 0.05) is 19.8 Å². The third-order valence-corrected chi connectivity index (χ3v) is 2.96. The second-order valence-electron chi connectivity index (χ2n) is 4.40. The summed E-state index contributed by atoms with van der Waals surface area (Å²) in [6.07, 6.45) is 0. The molecule has 0 amide bonds. The van der Waals surface area contributed by atoms with Crippen LogP contribution in [0.3, 0.4) is 0 Å². The maximum absolute atomic E-state index is 4.19. The van der Waals surface area contributed by atoms with Gasteiger partial charge < -0.3 is 4.90 Å². The molecule has 90 valence electrons. The van der Waals surface area contributed by atoms with Gasteiger partial charge in [0.25, 0.3) is 0 Å². The molecule has 3 aromatic rings. The Balaban J connectivity index is 2.09. The molecule has 1 heterocycles. The highest BCUT2D eigenvalue weighted by atomic mass is 15.4. The van der Waals surface area contributed by atoms with E-state index < -0.39 is 0 Å². The molecule has 0 saturated carbocycles. The number of para-hydroxylation sites is 1. The van der Waals surface area contributed by atoms with Crippen molar-refractivity contribution in [3.8, 4) is 5.69 Å². The first-order valence-corrected chi connectivity index (χ1v) is 5.84. The van der Waals surface area contributed by atoms with Crippen molar-refractivity contribution in [3.05, 3.63) is 48.5 Å². The van der Waals surface area contributed by atoms with E-state index in [1.54, 1.807) is 0 Å². The zero-order chi connectivity index (χ0) is 12.5. The third-order valence-electron chi connectivity index (χ3n) is 2.96. The molecule has 0 aliphatic carbocycles. The van der Waals surface area contributed by atoms with Crippen LogP contribution in [-0.4, -0.2) is 29.1 Å². The highest BCUT2D eigenvalue weighted by Crippen LogP contribution is 2.18. The van der Waals surface area contributed by atoms with Crippen molar-refractivity contribution in [2.24, 2.45) is 0 Å². The fourth-order valence-electron chi connectivity index (χ4n) is 1.95. The average Bonchev–Trinajstić information content (AvgIpc) is 2.82. The van der Waals surface area contributed by atoms with E-state index in [0.717, 1.165) is 16.7 Å². The molecule has 0 saturated heterocycles. The van der Waals surface area contributed by atoms with Crippen molar-refractivity contribution in [1.29, 1.82) is 0 Å². The second kappa shape index (κ2) is 4.14. The number of aromatic nitrogens is 3. The van der Waals surface area contributed by atoms with Crippen LogP contribution in [0.5, 0.6) is 0 Å². The number of anilines is 1. The molecule has 0 N–H and O–H groups in total. The van der Waals surface area contributed by atoms with Crippen LogP contribution in [-0.2, 0) is 0 Å². The topological polar surface area (TPSA) is 34.0 Å². The van der Waals surface area contributed by atoms with E-state index in [4.69, 9.17) is 0 Å². The smallest absolute Gasteiger partial charge is 0.113 e. The standard InChI is InChI=1S/C14H14N4/c1-17(2)11-7-9-12(10-8-11)18-14-6-4-3-5-13(14)15-16-18/h3-10H,1-2H3. The lowest BCUT2D eigenvalue weighted by Crippen LogP contribution is -2.08. The molecule has 0 radical (unpaired) electrons. The molecule has 0 unspecified atom stereocenters. The van der Waals surface area contributed by atoms with Crippen LogP contribution in [0.25, 0.3) is 16.7 Å². The quantitative estimate of drug-likeness (QED) is 0.688. The van der Waals surface area contributed by atoms with Gasteiger partial charge in [-0.2, -0.15) is 0 Å². The maximum atomic E-state index is 4.19. The van der Waals surface area contributed by atoms with E-state index in [0.29, 0.717) is 0 Å². The summed E-state index contributed by atoms with van der Waals surface area (Å²) >= 11 is 0. The van der Waals surface area contributed by atoms with Crippen molar-refractivity contribution in [1.82, 2.24) is 15.0 Å². The Bertz CT molecular complexity index is 668. The molecule has 0 atom stereocenters. The number of nitrogens with zero attached hydrogens (tertiary/aromatic N) is 4. The molecule has 18 heavy (non-hydrogen) atoms. The number of rotatable bonds is 2. The highest BCUT2D eigenvalue weighted by Gasteiger charge is 2.05. The summed E-state index contributed by atoms with van der Waals surface area (Å²) in [5.41, 5.74) is 4.13. The Morgan fingerprint density at radius 3 is 2.39 bits per heavy atom. The Labute approximate surface area is 105 Å². The normalized spacial score (nSPS) is 10.8. The molecule has 0 spiro atoms. The minimum Gasteiger partial charge on any atom is -0.378 e. The summed E-state index contributed by atoms with van der Waals surface area (Å²) in [5, 5.41) is 8.35. The lowest BCUT2D eigenvalue weighted by atomic mass is 10.2. The molecule has 2 aromatic carbocycles. The number of fused-ring (bicyclic) bond motifs is 1. The molecule has 3 rings (SSSR count). The largest absolute Gasteiger partial charge is 0.378 e. The first-order valence-electron chi connectivity index (χ1n) is 5.84. The molecule has 4 heteroatoms. The monoisotopic (exact) mass is 238 g/mol. The van der Waals surface area contributed by atoms with Gasteiger partial charge in [0.05, 0.1) is 11.2 Å². The van der Waals surface area contributed by atoms with E-state index in [2.05, 4.69) is 39.5 Å². The SMILES string of the molecule is CN(C)c1ccc(-n2nnc3ccccc32)cc1. The molecule has 0 aliphatic heterocycles.